The van der Waals surface area contributed by atoms with E-state index in [0.29, 0.717) is 6.42 Å². The quantitative estimate of drug-likeness (QED) is 0.193. The van der Waals surface area contributed by atoms with Gasteiger partial charge in [0.1, 0.15) is 42.7 Å². The van der Waals surface area contributed by atoms with E-state index in [-0.39, 0.29) is 30.0 Å². The average molecular weight is 507 g/mol. The summed E-state index contributed by atoms with van der Waals surface area (Å²) in [5.74, 6) is 0.503. The molecule has 0 aromatic rings. The summed E-state index contributed by atoms with van der Waals surface area (Å²) in [6.07, 6.45) is -7.43. The number of hydrogen-bond donors (Lipinski definition) is 7. The lowest BCUT2D eigenvalue weighted by Crippen LogP contribution is -2.60. The maximum Gasteiger partial charge on any atom is 0.187 e. The molecule has 11 heteroatoms. The summed E-state index contributed by atoms with van der Waals surface area (Å²) >= 11 is 0. The van der Waals surface area contributed by atoms with Gasteiger partial charge < -0.3 is 54.7 Å². The van der Waals surface area contributed by atoms with Crippen molar-refractivity contribution in [3.8, 4) is 0 Å². The molecule has 0 bridgehead atoms. The van der Waals surface area contributed by atoms with Crippen LogP contribution in [0.5, 0.6) is 0 Å². The van der Waals surface area contributed by atoms with Crippen LogP contribution in [0.4, 0.5) is 0 Å². The van der Waals surface area contributed by atoms with Gasteiger partial charge in [-0.3, -0.25) is 0 Å². The molecule has 204 valence electrons. The van der Waals surface area contributed by atoms with E-state index in [4.69, 9.17) is 18.9 Å². The fourth-order valence-electron chi connectivity index (χ4n) is 5.52. The fraction of sp³-hybridized carbons (Fsp3) is 0.917. The van der Waals surface area contributed by atoms with Gasteiger partial charge in [-0.15, -0.1) is 0 Å². The Balaban J connectivity index is 1.58. The molecule has 1 aliphatic carbocycles. The lowest BCUT2D eigenvalue weighted by atomic mass is 9.63. The van der Waals surface area contributed by atoms with Crippen molar-refractivity contribution in [2.75, 3.05) is 13.2 Å². The van der Waals surface area contributed by atoms with Crippen molar-refractivity contribution in [3.05, 3.63) is 12.2 Å². The summed E-state index contributed by atoms with van der Waals surface area (Å²) < 4.78 is 22.2. The summed E-state index contributed by atoms with van der Waals surface area (Å²) in [5.41, 5.74) is -0.0909. The van der Waals surface area contributed by atoms with Crippen LogP contribution < -0.4 is 0 Å². The zero-order chi connectivity index (χ0) is 26.1. The maximum absolute atomic E-state index is 10.4. The fourth-order valence-corrected chi connectivity index (χ4v) is 5.52. The largest absolute Gasteiger partial charge is 0.394 e. The minimum absolute atomic E-state index is 0.0909. The van der Waals surface area contributed by atoms with Gasteiger partial charge >= 0.3 is 0 Å². The number of rotatable bonds is 8. The molecule has 13 atom stereocenters. The molecule has 2 heterocycles. The third-order valence-corrected chi connectivity index (χ3v) is 7.45. The van der Waals surface area contributed by atoms with Gasteiger partial charge in [0.05, 0.1) is 25.4 Å². The van der Waals surface area contributed by atoms with E-state index in [1.165, 1.54) is 0 Å². The normalized spacial score (nSPS) is 47.3. The Morgan fingerprint density at radius 2 is 1.51 bits per heavy atom. The second-order valence-corrected chi connectivity index (χ2v) is 10.9. The molecule has 3 fully saturated rings. The molecule has 2 aliphatic heterocycles. The minimum Gasteiger partial charge on any atom is -0.394 e. The summed E-state index contributed by atoms with van der Waals surface area (Å²) in [6, 6.07) is 0. The standard InChI is InChI=1S/C24H42O11/c1-11-7-13(26)8-24(3,4)14(11)6-5-12(2)33-23-21(31)19(29)18(28)16(35-23)10-32-22-20(30)17(27)15(9-25)34-22/h5-6,11-23,25-31H,7-10H2,1-4H3/b6-5+/t11-,12-,13+,14+,15-,16-,17-,18-,19+,20+,21-,22-,23-/m1/s1. The summed E-state index contributed by atoms with van der Waals surface area (Å²) in [6.45, 7) is 7.27. The second kappa shape index (κ2) is 11.8. The van der Waals surface area contributed by atoms with E-state index in [2.05, 4.69) is 26.8 Å². The first-order valence-electron chi connectivity index (χ1n) is 12.3. The molecule has 1 saturated carbocycles. The highest BCUT2D eigenvalue weighted by atomic mass is 16.7. The van der Waals surface area contributed by atoms with E-state index in [0.717, 1.165) is 6.42 Å². The van der Waals surface area contributed by atoms with Gasteiger partial charge in [0.25, 0.3) is 0 Å². The van der Waals surface area contributed by atoms with Gasteiger partial charge in [-0.05, 0) is 37.0 Å². The molecular formula is C24H42O11. The molecular weight excluding hydrogens is 464 g/mol. The summed E-state index contributed by atoms with van der Waals surface area (Å²) in [4.78, 5) is 0. The monoisotopic (exact) mass is 506 g/mol. The first-order valence-corrected chi connectivity index (χ1v) is 12.3. The second-order valence-electron chi connectivity index (χ2n) is 10.9. The number of aliphatic hydroxyl groups excluding tert-OH is 7. The van der Waals surface area contributed by atoms with E-state index in [1.807, 2.05) is 6.08 Å². The van der Waals surface area contributed by atoms with E-state index in [9.17, 15) is 35.7 Å². The predicted octanol–water partition coefficient (Wildman–Crippen LogP) is -1.36. The van der Waals surface area contributed by atoms with Crippen LogP contribution in [0.2, 0.25) is 0 Å². The first-order chi connectivity index (χ1) is 16.4. The van der Waals surface area contributed by atoms with Crippen LogP contribution in [0.25, 0.3) is 0 Å². The molecule has 0 radical (unpaired) electrons. The average Bonchev–Trinajstić information content (AvgIpc) is 3.05. The van der Waals surface area contributed by atoms with Crippen molar-refractivity contribution >= 4 is 0 Å². The van der Waals surface area contributed by atoms with Crippen LogP contribution in [0.1, 0.15) is 40.5 Å². The van der Waals surface area contributed by atoms with Crippen molar-refractivity contribution in [1.29, 1.82) is 0 Å². The lowest BCUT2D eigenvalue weighted by molar-refractivity contribution is -0.314. The Morgan fingerprint density at radius 1 is 0.914 bits per heavy atom. The van der Waals surface area contributed by atoms with Gasteiger partial charge in [0.2, 0.25) is 0 Å². The lowest BCUT2D eigenvalue weighted by Gasteiger charge is -2.44. The molecule has 11 nitrogen and oxygen atoms in total. The number of aliphatic hydroxyl groups is 7. The highest BCUT2D eigenvalue weighted by molar-refractivity contribution is 5.03. The predicted molar refractivity (Wildman–Crippen MR) is 122 cm³/mol. The van der Waals surface area contributed by atoms with Gasteiger partial charge in [0, 0.05) is 0 Å². The molecule has 0 amide bonds. The Labute approximate surface area is 205 Å². The molecule has 0 spiro atoms. The molecule has 7 N–H and O–H groups in total. The Morgan fingerprint density at radius 3 is 2.11 bits per heavy atom. The van der Waals surface area contributed by atoms with Crippen molar-refractivity contribution in [2.24, 2.45) is 17.3 Å². The smallest absolute Gasteiger partial charge is 0.187 e. The topological polar surface area (TPSA) is 179 Å². The summed E-state index contributed by atoms with van der Waals surface area (Å²) in [7, 11) is 0. The third kappa shape index (κ3) is 6.60. The van der Waals surface area contributed by atoms with Crippen LogP contribution >= 0.6 is 0 Å². The van der Waals surface area contributed by atoms with E-state index in [1.54, 1.807) is 6.92 Å². The molecule has 3 rings (SSSR count). The molecule has 35 heavy (non-hydrogen) atoms. The van der Waals surface area contributed by atoms with Crippen LogP contribution in [0.3, 0.4) is 0 Å². The van der Waals surface area contributed by atoms with Crippen LogP contribution in [0.15, 0.2) is 12.2 Å². The zero-order valence-corrected chi connectivity index (χ0v) is 20.8. The molecule has 0 unspecified atom stereocenters. The SMILES string of the molecule is C[C@H](/C=C/[C@H]1[C@H](C)C[C@H](O)CC1(C)C)O[C@@H]1O[C@H](CO[C@@H]2O[C@H](CO)[C@@H](O)[C@@H]2O)[C@@H](O)[C@H](O)[C@H]1O. The molecule has 0 aromatic heterocycles. The van der Waals surface area contributed by atoms with Crippen LogP contribution in [0, 0.1) is 17.3 Å². The van der Waals surface area contributed by atoms with Crippen LogP contribution in [-0.2, 0) is 18.9 Å². The Hall–Kier alpha value is -0.700. The molecule has 0 aromatic carbocycles. The molecule has 2 saturated heterocycles. The van der Waals surface area contributed by atoms with Gasteiger partial charge in [-0.2, -0.15) is 0 Å². The highest BCUT2D eigenvalue weighted by Gasteiger charge is 2.47. The number of allylic oxidation sites excluding steroid dienone is 1. The summed E-state index contributed by atoms with van der Waals surface area (Å²) in [5, 5.41) is 70.2. The van der Waals surface area contributed by atoms with Crippen molar-refractivity contribution in [2.45, 2.75) is 108 Å². The third-order valence-electron chi connectivity index (χ3n) is 7.45. The Bertz CT molecular complexity index is 703. The van der Waals surface area contributed by atoms with Gasteiger partial charge in [-0.1, -0.05) is 32.9 Å². The zero-order valence-electron chi connectivity index (χ0n) is 20.8. The van der Waals surface area contributed by atoms with E-state index < -0.39 is 68.0 Å². The van der Waals surface area contributed by atoms with Crippen molar-refractivity contribution < 1.29 is 54.7 Å². The van der Waals surface area contributed by atoms with Crippen molar-refractivity contribution in [3.63, 3.8) is 0 Å². The van der Waals surface area contributed by atoms with Crippen LogP contribution in [-0.4, -0.2) is 116 Å². The maximum atomic E-state index is 10.4. The highest BCUT2D eigenvalue weighted by Crippen LogP contribution is 2.44. The number of hydrogen-bond acceptors (Lipinski definition) is 11. The molecule has 3 aliphatic rings. The minimum atomic E-state index is -1.57. The van der Waals surface area contributed by atoms with Gasteiger partial charge in [0.15, 0.2) is 12.6 Å². The number of ether oxygens (including phenoxy) is 4. The Kier molecular flexibility index (Phi) is 9.72. The first kappa shape index (κ1) is 28.9. The van der Waals surface area contributed by atoms with Crippen molar-refractivity contribution in [1.82, 2.24) is 0 Å². The van der Waals surface area contributed by atoms with Gasteiger partial charge in [-0.25, -0.2) is 0 Å². The van der Waals surface area contributed by atoms with E-state index >= 15 is 0 Å².